The molecule has 0 bridgehead atoms. The Kier molecular flexibility index (Phi) is 3.77. The van der Waals surface area contributed by atoms with E-state index in [1.54, 1.807) is 0 Å². The average Bonchev–Trinajstić information content (AvgIpc) is 2.48. The Bertz CT molecular complexity index is 741. The standard InChI is InChI=1S/C13H16N2O5S/c1-7(16)14-9-3-4-11(18)12(5-9)21-6-10(13(19)20)15-8(2)17/h3-5,10,18H,6H2,1-2H3,(H,14,16)(H,15,17)(H,19,20)/t10-/m0/s1/i1D3,3D,5D. The molecule has 21 heavy (non-hydrogen) atoms. The number of phenols is 1. The highest BCUT2D eigenvalue weighted by Gasteiger charge is 2.19. The number of aliphatic carboxylic acids is 1. The molecule has 1 atom stereocenters. The van der Waals surface area contributed by atoms with Gasteiger partial charge in [0.25, 0.3) is 0 Å². The van der Waals surface area contributed by atoms with Crippen LogP contribution < -0.4 is 10.6 Å². The van der Waals surface area contributed by atoms with Crippen LogP contribution in [0.1, 0.15) is 20.6 Å². The molecule has 1 aromatic rings. The van der Waals surface area contributed by atoms with Crippen molar-refractivity contribution in [2.24, 2.45) is 0 Å². The highest BCUT2D eigenvalue weighted by atomic mass is 32.2. The van der Waals surface area contributed by atoms with Gasteiger partial charge in [-0.3, -0.25) is 9.59 Å². The molecule has 0 aromatic heterocycles. The topological polar surface area (TPSA) is 116 Å². The summed E-state index contributed by atoms with van der Waals surface area (Å²) in [6, 6.07) is -1.42. The summed E-state index contributed by atoms with van der Waals surface area (Å²) in [7, 11) is 0. The summed E-state index contributed by atoms with van der Waals surface area (Å²) in [5, 5.41) is 23.1. The first-order valence-electron chi connectivity index (χ1n) is 8.12. The number of thioether (sulfide) groups is 1. The quantitative estimate of drug-likeness (QED) is 0.460. The van der Waals surface area contributed by atoms with E-state index in [1.807, 2.05) is 5.32 Å². The zero-order chi connectivity index (χ0) is 20.2. The number of carboxylic acids is 1. The lowest BCUT2D eigenvalue weighted by molar-refractivity contribution is -0.140. The van der Waals surface area contributed by atoms with Crippen LogP contribution in [0.3, 0.4) is 0 Å². The van der Waals surface area contributed by atoms with Crippen LogP contribution in [0, 0.1) is 0 Å². The zero-order valence-corrected chi connectivity index (χ0v) is 11.7. The van der Waals surface area contributed by atoms with E-state index >= 15 is 0 Å². The van der Waals surface area contributed by atoms with Crippen molar-refractivity contribution in [3.63, 3.8) is 0 Å². The van der Waals surface area contributed by atoms with E-state index in [1.165, 1.54) is 0 Å². The molecule has 2 amide bonds. The maximum absolute atomic E-state index is 11.6. The number of phenolic OH excluding ortho intramolecular Hbond substituents is 1. The fraction of sp³-hybridized carbons (Fsp3) is 0.308. The molecule has 0 saturated carbocycles. The van der Waals surface area contributed by atoms with Crippen LogP contribution in [0.5, 0.6) is 5.75 Å². The number of carbonyl (C=O) groups excluding carboxylic acids is 2. The van der Waals surface area contributed by atoms with E-state index in [0.29, 0.717) is 11.8 Å². The number of hydrogen-bond donors (Lipinski definition) is 4. The van der Waals surface area contributed by atoms with Crippen molar-refractivity contribution in [3.8, 4) is 5.75 Å². The summed E-state index contributed by atoms with van der Waals surface area (Å²) in [4.78, 5) is 33.5. The smallest absolute Gasteiger partial charge is 0.327 e. The molecule has 7 nitrogen and oxygen atoms in total. The minimum atomic E-state index is -3.00. The number of benzene rings is 1. The Hall–Kier alpha value is -2.22. The first-order chi connectivity index (χ1) is 11.8. The molecule has 114 valence electrons. The average molecular weight is 317 g/mol. The molecule has 0 saturated heterocycles. The summed E-state index contributed by atoms with van der Waals surface area (Å²) in [5.74, 6) is -4.07. The van der Waals surface area contributed by atoms with Gasteiger partial charge in [0.05, 0.1) is 7.64 Å². The monoisotopic (exact) mass is 317 g/mol. The van der Waals surface area contributed by atoms with E-state index in [9.17, 15) is 19.5 Å². The lowest BCUT2D eigenvalue weighted by Gasteiger charge is -2.14. The Balaban J connectivity index is 3.12. The summed E-state index contributed by atoms with van der Waals surface area (Å²) in [6.07, 6.45) is 0. The molecule has 4 N–H and O–H groups in total. The second kappa shape index (κ2) is 7.53. The van der Waals surface area contributed by atoms with Gasteiger partial charge >= 0.3 is 5.97 Å². The molecule has 0 aliphatic carbocycles. The molecule has 1 rings (SSSR count). The number of amides is 2. The van der Waals surface area contributed by atoms with Crippen LogP contribution in [-0.4, -0.2) is 39.8 Å². The van der Waals surface area contributed by atoms with Crippen molar-refractivity contribution in [1.29, 1.82) is 0 Å². The molecule has 0 radical (unpaired) electrons. The third-order valence-corrected chi connectivity index (χ3v) is 3.23. The summed E-state index contributed by atoms with van der Waals surface area (Å²) in [5.41, 5.74) is -0.433. The normalized spacial score (nSPS) is 15.6. The molecule has 8 heteroatoms. The van der Waals surface area contributed by atoms with Crippen LogP contribution >= 0.6 is 11.8 Å². The molecular formula is C13H16N2O5S. The zero-order valence-electron chi connectivity index (χ0n) is 15.9. The fourth-order valence-electron chi connectivity index (χ4n) is 1.30. The van der Waals surface area contributed by atoms with E-state index in [0.717, 1.165) is 13.0 Å². The Morgan fingerprint density at radius 1 is 1.48 bits per heavy atom. The van der Waals surface area contributed by atoms with Crippen molar-refractivity contribution >= 4 is 35.2 Å². The van der Waals surface area contributed by atoms with Crippen molar-refractivity contribution in [3.05, 3.63) is 18.2 Å². The van der Waals surface area contributed by atoms with Gasteiger partial charge in [0.1, 0.15) is 11.8 Å². The Morgan fingerprint density at radius 3 is 2.76 bits per heavy atom. The van der Waals surface area contributed by atoms with Crippen LogP contribution in [0.2, 0.25) is 0 Å². The molecule has 0 unspecified atom stereocenters. The van der Waals surface area contributed by atoms with Gasteiger partial charge < -0.3 is 20.8 Å². The van der Waals surface area contributed by atoms with E-state index < -0.39 is 54.2 Å². The van der Waals surface area contributed by atoms with Gasteiger partial charge in [0.15, 0.2) is 0 Å². The van der Waals surface area contributed by atoms with Crippen LogP contribution in [0.15, 0.2) is 23.0 Å². The summed E-state index contributed by atoms with van der Waals surface area (Å²) < 4.78 is 36.7. The van der Waals surface area contributed by atoms with Crippen molar-refractivity contribution in [1.82, 2.24) is 5.32 Å². The fourth-order valence-corrected chi connectivity index (χ4v) is 2.24. The van der Waals surface area contributed by atoms with Gasteiger partial charge in [-0.1, -0.05) is 0 Å². The van der Waals surface area contributed by atoms with Gasteiger partial charge in [-0.15, -0.1) is 11.8 Å². The predicted molar refractivity (Wildman–Crippen MR) is 78.4 cm³/mol. The third-order valence-electron chi connectivity index (χ3n) is 2.13. The lowest BCUT2D eigenvalue weighted by Crippen LogP contribution is -2.41. The maximum atomic E-state index is 11.6. The SMILES string of the molecule is [2H]c1cc(O)c(SC[C@H](NC(C)=O)C(=O)O)c([2H])c1NC(=O)C([2H])([2H])[2H]. The number of nitrogens with one attached hydrogen (secondary N) is 2. The van der Waals surface area contributed by atoms with Crippen molar-refractivity contribution in [2.75, 3.05) is 11.1 Å². The third kappa shape index (κ3) is 5.74. The molecule has 0 spiro atoms. The maximum Gasteiger partial charge on any atom is 0.327 e. The van der Waals surface area contributed by atoms with Crippen LogP contribution in [0.4, 0.5) is 5.69 Å². The van der Waals surface area contributed by atoms with Crippen LogP contribution in [0.25, 0.3) is 0 Å². The van der Waals surface area contributed by atoms with Gasteiger partial charge in [-0.05, 0) is 18.2 Å². The summed E-state index contributed by atoms with van der Waals surface area (Å²) in [6.45, 7) is -1.87. The first kappa shape index (κ1) is 10.5. The van der Waals surface area contributed by atoms with E-state index in [4.69, 9.17) is 12.0 Å². The van der Waals surface area contributed by atoms with Gasteiger partial charge in [0.2, 0.25) is 11.8 Å². The number of hydrogen-bond acceptors (Lipinski definition) is 5. The molecule has 0 aliphatic rings. The Labute approximate surface area is 132 Å². The largest absolute Gasteiger partial charge is 0.507 e. The first-order valence-corrected chi connectivity index (χ1v) is 6.60. The highest BCUT2D eigenvalue weighted by molar-refractivity contribution is 7.99. The minimum absolute atomic E-state index is 0.168. The number of aromatic hydroxyl groups is 1. The van der Waals surface area contributed by atoms with Gasteiger partial charge in [-0.25, -0.2) is 4.79 Å². The number of carboxylic acid groups (broad SMARTS) is 1. The molecule has 0 heterocycles. The van der Waals surface area contributed by atoms with E-state index in [-0.39, 0.29) is 10.6 Å². The lowest BCUT2D eigenvalue weighted by atomic mass is 10.3. The Morgan fingerprint density at radius 2 is 2.19 bits per heavy atom. The minimum Gasteiger partial charge on any atom is -0.507 e. The molecule has 0 fully saturated rings. The van der Waals surface area contributed by atoms with Gasteiger partial charge in [-0.2, -0.15) is 0 Å². The number of rotatable bonds is 6. The van der Waals surface area contributed by atoms with E-state index in [2.05, 4.69) is 5.32 Å². The highest BCUT2D eigenvalue weighted by Crippen LogP contribution is 2.31. The predicted octanol–water partition coefficient (Wildman–Crippen LogP) is 1.03. The number of carbonyl (C=O) groups is 3. The van der Waals surface area contributed by atoms with Crippen LogP contribution in [-0.2, 0) is 14.4 Å². The van der Waals surface area contributed by atoms with Gasteiger partial charge in [0, 0.05) is 29.3 Å². The molecule has 0 aliphatic heterocycles. The van der Waals surface area contributed by atoms with Crippen molar-refractivity contribution in [2.45, 2.75) is 24.7 Å². The van der Waals surface area contributed by atoms with Crippen molar-refractivity contribution < 1.29 is 31.5 Å². The second-order valence-corrected chi connectivity index (χ2v) is 4.89. The second-order valence-electron chi connectivity index (χ2n) is 3.86. The number of anilines is 1. The molecular weight excluding hydrogens is 296 g/mol. The molecule has 1 aromatic carbocycles. The summed E-state index contributed by atoms with van der Waals surface area (Å²) >= 11 is 0.701.